The van der Waals surface area contributed by atoms with Crippen molar-refractivity contribution in [2.45, 2.75) is 185 Å². The minimum atomic E-state index is 0.286. The summed E-state index contributed by atoms with van der Waals surface area (Å²) in [6.07, 6.45) is 34.1. The van der Waals surface area contributed by atoms with Crippen LogP contribution in [0.15, 0.2) is 0 Å². The number of rotatable bonds is 13. The van der Waals surface area contributed by atoms with Crippen molar-refractivity contribution in [3.63, 3.8) is 0 Å². The van der Waals surface area contributed by atoms with Crippen LogP contribution in [0.1, 0.15) is 182 Å². The van der Waals surface area contributed by atoms with Crippen LogP contribution in [0.2, 0.25) is 0 Å². The molecule has 0 nitrogen and oxygen atoms in total. The van der Waals surface area contributed by atoms with Gasteiger partial charge in [-0.15, -0.1) is 0 Å². The van der Waals surface area contributed by atoms with Crippen molar-refractivity contribution in [1.29, 1.82) is 0 Å². The zero-order valence-corrected chi connectivity index (χ0v) is 38.8. The van der Waals surface area contributed by atoms with E-state index in [1.807, 2.05) is 0 Å². The smallest absolute Gasteiger partial charge is 0.0864 e. The Bertz CT molecular complexity index is 790. The van der Waals surface area contributed by atoms with Crippen LogP contribution in [0, 0.1) is 33.5 Å². The number of alkyl halides is 5. The van der Waals surface area contributed by atoms with Crippen molar-refractivity contribution in [1.82, 2.24) is 0 Å². The fourth-order valence-corrected chi connectivity index (χ4v) is 12.4. The van der Waals surface area contributed by atoms with Crippen LogP contribution in [-0.2, 0) is 0 Å². The fourth-order valence-electron chi connectivity index (χ4n) is 10.2. The van der Waals surface area contributed by atoms with Gasteiger partial charge in [-0.2, -0.15) is 0 Å². The second-order valence-corrected chi connectivity index (χ2v) is 29.4. The molecule has 3 aliphatic rings. The maximum atomic E-state index is 2.80. The predicted molar refractivity (Wildman–Crippen MR) is 232 cm³/mol. The zero-order chi connectivity index (χ0) is 31.1. The monoisotopic (exact) mass is 1140 g/mol. The lowest BCUT2D eigenvalue weighted by molar-refractivity contribution is -0.0397. The van der Waals surface area contributed by atoms with E-state index in [4.69, 9.17) is 0 Å². The molecular formula is C37H65I5. The summed E-state index contributed by atoms with van der Waals surface area (Å²) in [5.41, 5.74) is 2.10. The third-order valence-corrected chi connectivity index (χ3v) is 23.6. The van der Waals surface area contributed by atoms with Gasteiger partial charge < -0.3 is 0 Å². The van der Waals surface area contributed by atoms with E-state index in [1.54, 1.807) is 32.1 Å². The van der Waals surface area contributed by atoms with E-state index in [2.05, 4.69) is 148 Å². The van der Waals surface area contributed by atoms with Crippen LogP contribution in [-0.4, -0.2) is 7.28 Å². The van der Waals surface area contributed by atoms with Gasteiger partial charge >= 0.3 is 0 Å². The van der Waals surface area contributed by atoms with E-state index in [9.17, 15) is 0 Å². The van der Waals surface area contributed by atoms with Crippen LogP contribution in [0.25, 0.3) is 0 Å². The van der Waals surface area contributed by atoms with E-state index in [1.165, 1.54) is 120 Å². The SMILES string of the molecule is CCC1(CCC2(C3CCCCC3)CCCCCCC2)CCCC(C)(CCCC(I)(I)C(C)(I)I)[C@](C)(C(C)CCI)C1. The molecule has 0 aromatic rings. The Hall–Kier alpha value is 3.65. The third-order valence-electron chi connectivity index (χ3n) is 13.8. The van der Waals surface area contributed by atoms with Gasteiger partial charge in [0.05, 0.1) is 2.86 Å². The first-order valence-corrected chi connectivity index (χ1v) is 23.8. The van der Waals surface area contributed by atoms with E-state index < -0.39 is 0 Å². The summed E-state index contributed by atoms with van der Waals surface area (Å²) in [4.78, 5) is 0. The highest BCUT2D eigenvalue weighted by Gasteiger charge is 2.53. The summed E-state index contributed by atoms with van der Waals surface area (Å²) in [7, 11) is 0. The molecule has 3 rings (SSSR count). The number of hydrogen-bond acceptors (Lipinski definition) is 0. The average molecular weight is 1140 g/mol. The van der Waals surface area contributed by atoms with Gasteiger partial charge in [0.1, 0.15) is 0 Å². The van der Waals surface area contributed by atoms with Gasteiger partial charge in [-0.05, 0) is 122 Å². The largest absolute Gasteiger partial charge is 0.0966 e. The molecule has 0 bridgehead atoms. The first kappa shape index (κ1) is 40.1. The molecule has 0 aromatic carbocycles. The predicted octanol–water partition coefficient (Wildman–Crippen LogP) is 15.8. The Labute approximate surface area is 331 Å². The number of hydrogen-bond donors (Lipinski definition) is 0. The lowest BCUT2D eigenvalue weighted by Gasteiger charge is -2.54. The van der Waals surface area contributed by atoms with Crippen LogP contribution >= 0.6 is 113 Å². The van der Waals surface area contributed by atoms with Crippen molar-refractivity contribution in [3.05, 3.63) is 0 Å². The van der Waals surface area contributed by atoms with Gasteiger partial charge in [0.25, 0.3) is 0 Å². The van der Waals surface area contributed by atoms with Crippen molar-refractivity contribution in [3.8, 4) is 0 Å². The highest BCUT2D eigenvalue weighted by Crippen LogP contribution is 2.64. The van der Waals surface area contributed by atoms with Crippen molar-refractivity contribution >= 4 is 113 Å². The lowest BCUT2D eigenvalue weighted by atomic mass is 9.51. The summed E-state index contributed by atoms with van der Waals surface area (Å²) in [5.74, 6) is 1.84. The zero-order valence-electron chi connectivity index (χ0n) is 28.0. The molecular weight excluding hydrogens is 1080 g/mol. The minimum Gasteiger partial charge on any atom is -0.0864 e. The van der Waals surface area contributed by atoms with Crippen molar-refractivity contribution < 1.29 is 0 Å². The summed E-state index contributed by atoms with van der Waals surface area (Å²) >= 11 is 13.6. The summed E-state index contributed by atoms with van der Waals surface area (Å²) in [5, 5.41) is 0. The van der Waals surface area contributed by atoms with E-state index in [0.717, 1.165) is 11.8 Å². The van der Waals surface area contributed by atoms with Gasteiger partial charge in [-0.3, -0.25) is 0 Å². The van der Waals surface area contributed by atoms with Gasteiger partial charge in [0.2, 0.25) is 0 Å². The molecule has 42 heavy (non-hydrogen) atoms. The van der Waals surface area contributed by atoms with E-state index in [-0.39, 0.29) is 1.43 Å². The Morgan fingerprint density at radius 1 is 0.762 bits per heavy atom. The summed E-state index contributed by atoms with van der Waals surface area (Å²) < 4.78 is 1.91. The maximum absolute atomic E-state index is 2.80. The highest BCUT2D eigenvalue weighted by atomic mass is 127. The lowest BCUT2D eigenvalue weighted by Crippen LogP contribution is -2.45. The molecule has 0 heterocycles. The van der Waals surface area contributed by atoms with E-state index in [0.29, 0.717) is 23.1 Å². The van der Waals surface area contributed by atoms with Crippen molar-refractivity contribution in [2.24, 2.45) is 33.5 Å². The molecule has 0 amide bonds. The van der Waals surface area contributed by atoms with Crippen molar-refractivity contribution in [2.75, 3.05) is 4.43 Å². The topological polar surface area (TPSA) is 0 Å². The van der Waals surface area contributed by atoms with E-state index >= 15 is 0 Å². The molecule has 5 heteroatoms. The van der Waals surface area contributed by atoms with Crippen LogP contribution in [0.4, 0.5) is 0 Å². The van der Waals surface area contributed by atoms with Crippen LogP contribution in [0.5, 0.6) is 0 Å². The van der Waals surface area contributed by atoms with Gasteiger partial charge in [-0.25, -0.2) is 0 Å². The molecule has 248 valence electrons. The summed E-state index contributed by atoms with van der Waals surface area (Å²) in [6.45, 7) is 13.2. The molecule has 3 fully saturated rings. The highest BCUT2D eigenvalue weighted by molar-refractivity contribution is 14.2. The molecule has 3 saturated carbocycles. The molecule has 3 unspecified atom stereocenters. The standard InChI is InChI=1S/C37H65I5/c1-6-35(26-27-36(31-17-11-10-12-18-31)23-13-8-7-9-14-24-36)22-15-20-32(3,33(4,29-35)30(2)19-28-38)21-16-25-37(41,42)34(5,39)40/h30-31H,6-29H2,1-5H3/t30?,32?,33-,35?/m0/s1. The molecule has 0 aromatic heterocycles. The first-order chi connectivity index (χ1) is 19.7. The second kappa shape index (κ2) is 17.5. The van der Waals surface area contributed by atoms with Gasteiger partial charge in [0, 0.05) is 0 Å². The molecule has 0 N–H and O–H groups in total. The third kappa shape index (κ3) is 10.1. The Morgan fingerprint density at radius 2 is 1.36 bits per heavy atom. The van der Waals surface area contributed by atoms with Gasteiger partial charge in [0.15, 0.2) is 0 Å². The fraction of sp³-hybridized carbons (Fsp3) is 1.00. The van der Waals surface area contributed by atoms with Gasteiger partial charge in [-0.1, -0.05) is 211 Å². The Kier molecular flexibility index (Phi) is 16.7. The van der Waals surface area contributed by atoms with Crippen LogP contribution < -0.4 is 0 Å². The Balaban J connectivity index is 1.87. The molecule has 0 spiro atoms. The molecule has 0 aliphatic heterocycles. The minimum absolute atomic E-state index is 0.286. The molecule has 4 atom stereocenters. The van der Waals surface area contributed by atoms with Crippen LogP contribution in [0.3, 0.4) is 0 Å². The Morgan fingerprint density at radius 3 is 1.93 bits per heavy atom. The molecule has 0 radical (unpaired) electrons. The summed E-state index contributed by atoms with van der Waals surface area (Å²) in [6, 6.07) is 0. The molecule has 3 aliphatic carbocycles. The quantitative estimate of drug-likeness (QED) is 0.0980. The molecule has 0 saturated heterocycles. The normalized spacial score (nSPS) is 33.0. The number of halogens is 5. The average Bonchev–Trinajstić information content (AvgIpc) is 3.03. The maximum Gasteiger partial charge on any atom is 0.0966 e. The first-order valence-electron chi connectivity index (χ1n) is 18.0. The second-order valence-electron chi connectivity index (χ2n) is 16.2.